The van der Waals surface area contributed by atoms with Gasteiger partial charge in [-0.2, -0.15) is 13.2 Å². The Bertz CT molecular complexity index is 243. The molecule has 1 N–H and O–H groups in total. The summed E-state index contributed by atoms with van der Waals surface area (Å²) < 4.78 is 36.8. The molecule has 0 aromatic carbocycles. The third-order valence-electron chi connectivity index (χ3n) is 3.77. The first-order valence-electron chi connectivity index (χ1n) is 7.43. The zero-order valence-electron chi connectivity index (χ0n) is 12.1. The molecule has 0 spiro atoms. The van der Waals surface area contributed by atoms with Crippen LogP contribution in [0.15, 0.2) is 0 Å². The van der Waals surface area contributed by atoms with Gasteiger partial charge in [-0.3, -0.25) is 4.90 Å². The second-order valence-electron chi connectivity index (χ2n) is 5.81. The molecule has 114 valence electrons. The lowest BCUT2D eigenvalue weighted by molar-refractivity contribution is -0.143. The summed E-state index contributed by atoms with van der Waals surface area (Å²) in [6.45, 7) is 5.60. The molecule has 2 nitrogen and oxygen atoms in total. The molecule has 0 aromatic rings. The Morgan fingerprint density at radius 3 is 2.68 bits per heavy atom. The number of hydrogen-bond acceptors (Lipinski definition) is 2. The molecule has 0 aromatic heterocycles. The lowest BCUT2D eigenvalue weighted by atomic mass is 10.1. The summed E-state index contributed by atoms with van der Waals surface area (Å²) in [5, 5.41) is 3.46. The Kier molecular flexibility index (Phi) is 7.15. The SMILES string of the molecule is CCCCCC(C)NCC1CCN(CC(F)(F)F)C1. The summed E-state index contributed by atoms with van der Waals surface area (Å²) in [6.07, 6.45) is 1.69. The van der Waals surface area contributed by atoms with E-state index < -0.39 is 12.7 Å². The fourth-order valence-corrected chi connectivity index (χ4v) is 2.65. The molecule has 2 unspecified atom stereocenters. The van der Waals surface area contributed by atoms with Gasteiger partial charge in [0.05, 0.1) is 6.54 Å². The molecule has 2 atom stereocenters. The zero-order valence-corrected chi connectivity index (χ0v) is 12.1. The summed E-state index contributed by atoms with van der Waals surface area (Å²) in [6, 6.07) is 0.475. The van der Waals surface area contributed by atoms with Crippen molar-refractivity contribution in [3.05, 3.63) is 0 Å². The standard InChI is InChI=1S/C14H27F3N2/c1-3-4-5-6-12(2)18-9-13-7-8-19(10-13)11-14(15,16)17/h12-13,18H,3-11H2,1-2H3. The second kappa shape index (κ2) is 8.10. The van der Waals surface area contributed by atoms with Crippen LogP contribution in [0, 0.1) is 5.92 Å². The third kappa shape index (κ3) is 7.78. The van der Waals surface area contributed by atoms with Crippen molar-refractivity contribution < 1.29 is 13.2 Å². The highest BCUT2D eigenvalue weighted by Gasteiger charge is 2.34. The van der Waals surface area contributed by atoms with Crippen molar-refractivity contribution in [3.63, 3.8) is 0 Å². The molecule has 0 radical (unpaired) electrons. The molecule has 1 aliphatic rings. The minimum absolute atomic E-state index is 0.371. The Labute approximate surface area is 114 Å². The molecule has 5 heteroatoms. The van der Waals surface area contributed by atoms with E-state index in [-0.39, 0.29) is 0 Å². The fourth-order valence-electron chi connectivity index (χ4n) is 2.65. The molecule has 1 rings (SSSR count). The number of nitrogens with one attached hydrogen (secondary N) is 1. The van der Waals surface area contributed by atoms with E-state index in [0.29, 0.717) is 25.0 Å². The van der Waals surface area contributed by atoms with Crippen LogP contribution in [-0.4, -0.2) is 43.3 Å². The van der Waals surface area contributed by atoms with Crippen molar-refractivity contribution in [2.45, 2.75) is 58.2 Å². The van der Waals surface area contributed by atoms with Crippen molar-refractivity contribution in [3.8, 4) is 0 Å². The molecule has 1 heterocycles. The van der Waals surface area contributed by atoms with Crippen LogP contribution < -0.4 is 5.32 Å². The number of rotatable bonds is 8. The van der Waals surface area contributed by atoms with Crippen LogP contribution in [0.3, 0.4) is 0 Å². The maximum atomic E-state index is 12.3. The topological polar surface area (TPSA) is 15.3 Å². The van der Waals surface area contributed by atoms with Crippen molar-refractivity contribution in [2.24, 2.45) is 5.92 Å². The first-order valence-corrected chi connectivity index (χ1v) is 7.43. The summed E-state index contributed by atoms with van der Waals surface area (Å²) in [5.41, 5.74) is 0. The predicted octanol–water partition coefficient (Wildman–Crippen LogP) is 3.43. The minimum atomic E-state index is -4.06. The highest BCUT2D eigenvalue weighted by Crippen LogP contribution is 2.22. The van der Waals surface area contributed by atoms with Gasteiger partial charge in [0.25, 0.3) is 0 Å². The average Bonchev–Trinajstić information content (AvgIpc) is 2.72. The lowest BCUT2D eigenvalue weighted by Crippen LogP contribution is -2.35. The number of likely N-dealkylation sites (tertiary alicyclic amines) is 1. The normalized spacial score (nSPS) is 22.9. The summed E-state index contributed by atoms with van der Waals surface area (Å²) in [4.78, 5) is 1.52. The molecule has 1 saturated heterocycles. The van der Waals surface area contributed by atoms with Gasteiger partial charge in [-0.25, -0.2) is 0 Å². The largest absolute Gasteiger partial charge is 0.401 e. The fraction of sp³-hybridized carbons (Fsp3) is 1.00. The first-order chi connectivity index (χ1) is 8.90. The predicted molar refractivity (Wildman–Crippen MR) is 72.2 cm³/mol. The summed E-state index contributed by atoms with van der Waals surface area (Å²) in [5.74, 6) is 0.371. The van der Waals surface area contributed by atoms with Crippen LogP contribution in [0.2, 0.25) is 0 Å². The van der Waals surface area contributed by atoms with Crippen LogP contribution >= 0.6 is 0 Å². The van der Waals surface area contributed by atoms with E-state index >= 15 is 0 Å². The Hall–Kier alpha value is -0.290. The van der Waals surface area contributed by atoms with Crippen molar-refractivity contribution in [1.29, 1.82) is 0 Å². The van der Waals surface area contributed by atoms with Gasteiger partial charge in [-0.05, 0) is 38.8 Å². The van der Waals surface area contributed by atoms with Gasteiger partial charge >= 0.3 is 6.18 Å². The second-order valence-corrected chi connectivity index (χ2v) is 5.81. The average molecular weight is 280 g/mol. The maximum Gasteiger partial charge on any atom is 0.401 e. The van der Waals surface area contributed by atoms with Gasteiger partial charge in [-0.15, -0.1) is 0 Å². The van der Waals surface area contributed by atoms with E-state index in [2.05, 4.69) is 19.2 Å². The number of nitrogens with zero attached hydrogens (tertiary/aromatic N) is 1. The van der Waals surface area contributed by atoms with Gasteiger partial charge in [-0.1, -0.05) is 26.2 Å². The quantitative estimate of drug-likeness (QED) is 0.685. The molecule has 0 bridgehead atoms. The van der Waals surface area contributed by atoms with Gasteiger partial charge in [0.2, 0.25) is 0 Å². The highest BCUT2D eigenvalue weighted by molar-refractivity contribution is 4.79. The number of hydrogen-bond donors (Lipinski definition) is 1. The molecule has 1 fully saturated rings. The van der Waals surface area contributed by atoms with Crippen molar-refractivity contribution in [2.75, 3.05) is 26.2 Å². The molecule has 0 aliphatic carbocycles. The Morgan fingerprint density at radius 2 is 2.05 bits per heavy atom. The smallest absolute Gasteiger partial charge is 0.314 e. The van der Waals surface area contributed by atoms with E-state index in [9.17, 15) is 13.2 Å². The van der Waals surface area contributed by atoms with Crippen LogP contribution in [-0.2, 0) is 0 Å². The zero-order chi connectivity index (χ0) is 14.3. The monoisotopic (exact) mass is 280 g/mol. The van der Waals surface area contributed by atoms with E-state index in [4.69, 9.17) is 0 Å². The minimum Gasteiger partial charge on any atom is -0.314 e. The van der Waals surface area contributed by atoms with Crippen molar-refractivity contribution in [1.82, 2.24) is 10.2 Å². The number of unbranched alkanes of at least 4 members (excludes halogenated alkanes) is 2. The van der Waals surface area contributed by atoms with E-state index in [1.165, 1.54) is 24.2 Å². The van der Waals surface area contributed by atoms with Crippen LogP contribution in [0.4, 0.5) is 13.2 Å². The third-order valence-corrected chi connectivity index (χ3v) is 3.77. The highest BCUT2D eigenvalue weighted by atomic mass is 19.4. The van der Waals surface area contributed by atoms with Gasteiger partial charge in [0, 0.05) is 12.6 Å². The summed E-state index contributed by atoms with van der Waals surface area (Å²) >= 11 is 0. The van der Waals surface area contributed by atoms with Crippen molar-refractivity contribution >= 4 is 0 Å². The maximum absolute atomic E-state index is 12.3. The van der Waals surface area contributed by atoms with E-state index in [1.807, 2.05) is 0 Å². The van der Waals surface area contributed by atoms with Crippen LogP contribution in [0.25, 0.3) is 0 Å². The molecule has 0 amide bonds. The van der Waals surface area contributed by atoms with Crippen LogP contribution in [0.5, 0.6) is 0 Å². The van der Waals surface area contributed by atoms with Crippen LogP contribution in [0.1, 0.15) is 46.0 Å². The Morgan fingerprint density at radius 1 is 1.32 bits per heavy atom. The molecule has 1 aliphatic heterocycles. The number of halogens is 3. The van der Waals surface area contributed by atoms with Gasteiger partial charge in [0.1, 0.15) is 0 Å². The molecule has 0 saturated carbocycles. The Balaban J connectivity index is 2.11. The molecule has 19 heavy (non-hydrogen) atoms. The van der Waals surface area contributed by atoms with E-state index in [1.54, 1.807) is 0 Å². The van der Waals surface area contributed by atoms with Gasteiger partial charge < -0.3 is 5.32 Å². The molecular weight excluding hydrogens is 253 g/mol. The van der Waals surface area contributed by atoms with E-state index in [0.717, 1.165) is 19.4 Å². The lowest BCUT2D eigenvalue weighted by Gasteiger charge is -2.19. The first kappa shape index (κ1) is 16.8. The number of alkyl halides is 3. The molecular formula is C14H27F3N2. The van der Waals surface area contributed by atoms with Gasteiger partial charge in [0.15, 0.2) is 0 Å². The summed E-state index contributed by atoms with van der Waals surface area (Å²) in [7, 11) is 0.